The van der Waals surface area contributed by atoms with Crippen LogP contribution in [0.3, 0.4) is 0 Å². The van der Waals surface area contributed by atoms with Gasteiger partial charge >= 0.3 is 10.2 Å². The average molecular weight is 431 g/mol. The minimum atomic E-state index is -4.77. The zero-order chi connectivity index (χ0) is 21.5. The number of hydrogen-bond acceptors (Lipinski definition) is 4. The molecule has 1 aromatic carbocycles. The van der Waals surface area contributed by atoms with Crippen LogP contribution in [0.5, 0.6) is 5.75 Å². The fraction of sp³-hybridized carbons (Fsp3) is 0.714. The summed E-state index contributed by atoms with van der Waals surface area (Å²) in [5.74, 6) is 0.918. The fourth-order valence-electron chi connectivity index (χ4n) is 4.66. The smallest absolute Gasteiger partial charge is 0.316 e. The summed E-state index contributed by atoms with van der Waals surface area (Å²) in [6.45, 7) is 17.2. The first-order valence-corrected chi connectivity index (χ1v) is 13.7. The van der Waals surface area contributed by atoms with Gasteiger partial charge < -0.3 is 9.16 Å². The molecule has 28 heavy (non-hydrogen) atoms. The van der Waals surface area contributed by atoms with Gasteiger partial charge in [0.15, 0.2) is 4.75 Å². The molecule has 0 spiro atoms. The highest BCUT2D eigenvalue weighted by atomic mass is 32.3. The van der Waals surface area contributed by atoms with E-state index in [4.69, 9.17) is 9.16 Å². The molecule has 0 saturated carbocycles. The van der Waals surface area contributed by atoms with Gasteiger partial charge in [0.05, 0.1) is 13.2 Å². The third-order valence-electron chi connectivity index (χ3n) is 6.29. The van der Waals surface area contributed by atoms with Crippen LogP contribution >= 0.6 is 0 Å². The van der Waals surface area contributed by atoms with Gasteiger partial charge in [-0.1, -0.05) is 67.5 Å². The number of rotatable bonds is 8. The summed E-state index contributed by atoms with van der Waals surface area (Å²) in [4.78, 5) is 0. The van der Waals surface area contributed by atoms with Crippen molar-refractivity contribution in [1.29, 1.82) is 0 Å². The summed E-state index contributed by atoms with van der Waals surface area (Å²) in [7, 11) is -6.93. The molecule has 0 unspecified atom stereocenters. The lowest BCUT2D eigenvalue weighted by atomic mass is 9.91. The van der Waals surface area contributed by atoms with Gasteiger partial charge in [-0.25, -0.2) is 0 Å². The molecule has 0 atom stereocenters. The zero-order valence-electron chi connectivity index (χ0n) is 18.4. The standard InChI is InChI=1S/C21H35FO4SSi/c1-14(2)19-11-18(21(12-25-13-21)27(22,23)24)9-10-20(19)26-28(15(3)4,16(5)6)17(7)8/h9-11,14-17H,12-13H2,1-8H3. The Bertz CT molecular complexity index is 777. The van der Waals surface area contributed by atoms with Gasteiger partial charge in [-0.2, -0.15) is 8.42 Å². The van der Waals surface area contributed by atoms with E-state index in [2.05, 4.69) is 41.5 Å². The molecule has 1 aliphatic rings. The number of benzene rings is 1. The van der Waals surface area contributed by atoms with Crippen molar-refractivity contribution in [3.8, 4) is 5.75 Å². The second kappa shape index (κ2) is 8.07. The maximum atomic E-state index is 14.1. The molecule has 1 aromatic rings. The van der Waals surface area contributed by atoms with Crippen LogP contribution < -0.4 is 4.43 Å². The Morgan fingerprint density at radius 3 is 1.82 bits per heavy atom. The van der Waals surface area contributed by atoms with E-state index < -0.39 is 23.3 Å². The Morgan fingerprint density at radius 1 is 1.00 bits per heavy atom. The highest BCUT2D eigenvalue weighted by Crippen LogP contribution is 2.46. The van der Waals surface area contributed by atoms with Crippen LogP contribution in [0, 0.1) is 0 Å². The molecule has 7 heteroatoms. The molecule has 1 aliphatic heterocycles. The van der Waals surface area contributed by atoms with E-state index in [1.54, 1.807) is 12.1 Å². The van der Waals surface area contributed by atoms with E-state index in [1.165, 1.54) is 0 Å². The number of ether oxygens (including phenoxy) is 1. The second-order valence-electron chi connectivity index (χ2n) is 9.25. The first kappa shape index (κ1) is 23.4. The summed E-state index contributed by atoms with van der Waals surface area (Å²) in [6.07, 6.45) is 0. The molecule has 1 saturated heterocycles. The van der Waals surface area contributed by atoms with E-state index in [9.17, 15) is 12.3 Å². The van der Waals surface area contributed by atoms with Gasteiger partial charge in [0.1, 0.15) is 5.75 Å². The minimum absolute atomic E-state index is 0.119. The van der Waals surface area contributed by atoms with Crippen LogP contribution in [0.2, 0.25) is 16.6 Å². The van der Waals surface area contributed by atoms with E-state index in [1.807, 2.05) is 19.9 Å². The summed E-state index contributed by atoms with van der Waals surface area (Å²) >= 11 is 0. The molecule has 1 fully saturated rings. The summed E-state index contributed by atoms with van der Waals surface area (Å²) in [5.41, 5.74) is 2.63. The van der Waals surface area contributed by atoms with Crippen LogP contribution in [0.15, 0.2) is 18.2 Å². The molecular weight excluding hydrogens is 395 g/mol. The Hall–Kier alpha value is -0.923. The molecule has 0 aliphatic carbocycles. The van der Waals surface area contributed by atoms with Crippen molar-refractivity contribution < 1.29 is 21.5 Å². The SMILES string of the molecule is CC(C)c1cc(C2(S(=O)(=O)F)COC2)ccc1O[Si](C(C)C)(C(C)C)C(C)C. The highest BCUT2D eigenvalue weighted by Gasteiger charge is 2.53. The van der Waals surface area contributed by atoms with Crippen LogP contribution in [-0.4, -0.2) is 29.9 Å². The van der Waals surface area contributed by atoms with Crippen molar-refractivity contribution in [3.63, 3.8) is 0 Å². The molecule has 4 nitrogen and oxygen atoms in total. The molecular formula is C21H35FO4SSi. The van der Waals surface area contributed by atoms with Crippen LogP contribution in [0.25, 0.3) is 0 Å². The highest BCUT2D eigenvalue weighted by molar-refractivity contribution is 7.87. The first-order valence-electron chi connectivity index (χ1n) is 10.1. The van der Waals surface area contributed by atoms with Crippen molar-refractivity contribution >= 4 is 18.5 Å². The molecule has 1 heterocycles. The van der Waals surface area contributed by atoms with Crippen molar-refractivity contribution in [2.75, 3.05) is 13.2 Å². The van der Waals surface area contributed by atoms with Gasteiger partial charge in [0.25, 0.3) is 8.32 Å². The summed E-state index contributed by atoms with van der Waals surface area (Å²) < 4.78 is 48.1. The van der Waals surface area contributed by atoms with E-state index >= 15 is 0 Å². The third-order valence-corrected chi connectivity index (χ3v) is 13.7. The molecule has 0 N–H and O–H groups in total. The number of hydrogen-bond donors (Lipinski definition) is 0. The quantitative estimate of drug-likeness (QED) is 0.381. The Balaban J connectivity index is 2.58. The summed E-state index contributed by atoms with van der Waals surface area (Å²) in [5, 5.41) is 0. The Kier molecular flexibility index (Phi) is 6.73. The van der Waals surface area contributed by atoms with E-state index in [0.29, 0.717) is 22.2 Å². The molecule has 0 radical (unpaired) electrons. The molecule has 0 amide bonds. The number of halogens is 1. The topological polar surface area (TPSA) is 52.6 Å². The van der Waals surface area contributed by atoms with Crippen molar-refractivity contribution in [2.24, 2.45) is 0 Å². The Morgan fingerprint density at radius 2 is 1.50 bits per heavy atom. The van der Waals surface area contributed by atoms with Crippen LogP contribution in [-0.2, 0) is 19.7 Å². The Labute approximate surface area is 171 Å². The molecule has 160 valence electrons. The maximum absolute atomic E-state index is 14.1. The first-order chi connectivity index (χ1) is 12.8. The molecule has 2 rings (SSSR count). The summed E-state index contributed by atoms with van der Waals surface area (Å²) in [6, 6.07) is 5.34. The van der Waals surface area contributed by atoms with E-state index in [-0.39, 0.29) is 19.1 Å². The van der Waals surface area contributed by atoms with Gasteiger partial charge in [-0.3, -0.25) is 0 Å². The predicted molar refractivity (Wildman–Crippen MR) is 115 cm³/mol. The fourth-order valence-corrected chi connectivity index (χ4v) is 10.8. The van der Waals surface area contributed by atoms with Gasteiger partial charge in [-0.15, -0.1) is 3.89 Å². The van der Waals surface area contributed by atoms with E-state index in [0.717, 1.165) is 11.3 Å². The lowest BCUT2D eigenvalue weighted by Crippen LogP contribution is -2.52. The minimum Gasteiger partial charge on any atom is -0.542 e. The van der Waals surface area contributed by atoms with Gasteiger partial charge in [0.2, 0.25) is 0 Å². The third kappa shape index (κ3) is 3.77. The largest absolute Gasteiger partial charge is 0.542 e. The lowest BCUT2D eigenvalue weighted by Gasteiger charge is -2.43. The average Bonchev–Trinajstić information content (AvgIpc) is 2.49. The molecule has 0 aromatic heterocycles. The van der Waals surface area contributed by atoms with Crippen LogP contribution in [0.4, 0.5) is 3.89 Å². The van der Waals surface area contributed by atoms with Crippen molar-refractivity contribution in [1.82, 2.24) is 0 Å². The normalized spacial score (nSPS) is 17.5. The molecule has 0 bridgehead atoms. The lowest BCUT2D eigenvalue weighted by molar-refractivity contribution is -0.0181. The predicted octanol–water partition coefficient (Wildman–Crippen LogP) is 5.89. The van der Waals surface area contributed by atoms with Gasteiger partial charge in [-0.05, 0) is 39.7 Å². The maximum Gasteiger partial charge on any atom is 0.316 e. The van der Waals surface area contributed by atoms with Crippen molar-refractivity contribution in [2.45, 2.75) is 82.7 Å². The van der Waals surface area contributed by atoms with Crippen molar-refractivity contribution in [3.05, 3.63) is 29.3 Å². The van der Waals surface area contributed by atoms with Gasteiger partial charge in [0, 0.05) is 0 Å². The second-order valence-corrected chi connectivity index (χ2v) is 16.3. The van der Waals surface area contributed by atoms with Crippen LogP contribution in [0.1, 0.15) is 72.4 Å². The monoisotopic (exact) mass is 430 g/mol. The zero-order valence-corrected chi connectivity index (χ0v) is 20.2.